The number of hydrogen-bond acceptors (Lipinski definition) is 3. The van der Waals surface area contributed by atoms with Crippen LogP contribution >= 0.6 is 0 Å². The highest BCUT2D eigenvalue weighted by Crippen LogP contribution is 2.19. The zero-order valence-electron chi connectivity index (χ0n) is 18.0. The second-order valence-electron chi connectivity index (χ2n) is 8.65. The molecule has 4 rings (SSSR count). The third-order valence-electron chi connectivity index (χ3n) is 6.63. The number of hydrogen-bond donors (Lipinski definition) is 2. The third-order valence-corrected chi connectivity index (χ3v) is 6.63. The Hall–Kier alpha value is -2.37. The first-order valence-electron chi connectivity index (χ1n) is 11.3. The zero-order chi connectivity index (χ0) is 20.8. The first-order valence-corrected chi connectivity index (χ1v) is 11.3. The van der Waals surface area contributed by atoms with Crippen LogP contribution in [0.15, 0.2) is 54.6 Å². The molecule has 2 N–H and O–H groups in total. The van der Waals surface area contributed by atoms with Gasteiger partial charge in [-0.05, 0) is 61.9 Å². The van der Waals surface area contributed by atoms with E-state index in [9.17, 15) is 4.79 Å². The molecule has 1 amide bonds. The normalized spacial score (nSPS) is 23.0. The monoisotopic (exact) mass is 408 g/mol. The van der Waals surface area contributed by atoms with E-state index >= 15 is 0 Å². The average Bonchev–Trinajstić information content (AvgIpc) is 2.81. The molecule has 30 heavy (non-hydrogen) atoms. The van der Waals surface area contributed by atoms with Crippen LogP contribution in [-0.2, 0) is 16.0 Å². The predicted molar refractivity (Wildman–Crippen MR) is 121 cm³/mol. The number of carbonyl (C=O) groups excluding carboxylic acids is 1. The highest BCUT2D eigenvalue weighted by atomic mass is 16.5. The van der Waals surface area contributed by atoms with Crippen molar-refractivity contribution in [3.8, 4) is 0 Å². The van der Waals surface area contributed by atoms with Crippen LogP contribution in [0.2, 0.25) is 0 Å². The van der Waals surface area contributed by atoms with Gasteiger partial charge in [-0.25, -0.2) is 0 Å². The van der Waals surface area contributed by atoms with E-state index in [1.807, 2.05) is 12.1 Å². The molecule has 2 heterocycles. The summed E-state index contributed by atoms with van der Waals surface area (Å²) < 4.78 is 5.42. The van der Waals surface area contributed by atoms with Gasteiger partial charge in [0.2, 0.25) is 0 Å². The van der Waals surface area contributed by atoms with E-state index in [0.29, 0.717) is 0 Å². The van der Waals surface area contributed by atoms with Crippen LogP contribution in [0.1, 0.15) is 25.3 Å². The van der Waals surface area contributed by atoms with Crippen molar-refractivity contribution < 1.29 is 14.4 Å². The van der Waals surface area contributed by atoms with Crippen LogP contribution in [0.5, 0.6) is 0 Å². The zero-order valence-corrected chi connectivity index (χ0v) is 18.0. The van der Waals surface area contributed by atoms with E-state index in [4.69, 9.17) is 4.74 Å². The van der Waals surface area contributed by atoms with Crippen molar-refractivity contribution in [2.24, 2.45) is 5.92 Å². The number of rotatable bonds is 6. The van der Waals surface area contributed by atoms with Gasteiger partial charge in [-0.2, -0.15) is 0 Å². The number of quaternary nitrogens is 1. The number of piperidine rings is 1. The molecule has 1 atom stereocenters. The number of carbonyl (C=O) groups is 1. The molecule has 5 heteroatoms. The summed E-state index contributed by atoms with van der Waals surface area (Å²) in [5.41, 5.74) is 3.50. The molecule has 2 aliphatic rings. The van der Waals surface area contributed by atoms with Gasteiger partial charge in [0.1, 0.15) is 0 Å². The quantitative estimate of drug-likeness (QED) is 0.772. The maximum Gasteiger partial charge on any atom is 0.282 e. The summed E-state index contributed by atoms with van der Waals surface area (Å²) in [6.07, 6.45) is 3.54. The van der Waals surface area contributed by atoms with Gasteiger partial charge in [-0.15, -0.1) is 0 Å². The Morgan fingerprint density at radius 2 is 1.73 bits per heavy atom. The molecule has 2 fully saturated rings. The minimum absolute atomic E-state index is 0.0263. The first kappa shape index (κ1) is 20.9. The van der Waals surface area contributed by atoms with Crippen LogP contribution in [0.3, 0.4) is 0 Å². The van der Waals surface area contributed by atoms with Crippen LogP contribution < -0.4 is 15.1 Å². The number of anilines is 2. The van der Waals surface area contributed by atoms with Crippen molar-refractivity contribution in [1.82, 2.24) is 0 Å². The largest absolute Gasteiger partial charge is 0.378 e. The standard InChI is InChI=1S/C25H33N3O2/c1-20(27-13-11-22(12-14-27)19-21-5-3-2-4-6-21)25(29)26-23-7-9-24(10-8-23)28-15-17-30-18-16-28/h2-10,20,22H,11-19H2,1H3,(H,26,29)/p+1/t20-/m1/s1. The van der Waals surface area contributed by atoms with Crippen molar-refractivity contribution in [3.05, 3.63) is 60.2 Å². The molecule has 2 aliphatic heterocycles. The van der Waals surface area contributed by atoms with E-state index in [1.165, 1.54) is 29.0 Å². The van der Waals surface area contributed by atoms with Crippen molar-refractivity contribution in [3.63, 3.8) is 0 Å². The van der Waals surface area contributed by atoms with Gasteiger partial charge in [0.05, 0.1) is 26.3 Å². The Balaban J connectivity index is 1.25. The Bertz CT molecular complexity index is 795. The lowest BCUT2D eigenvalue weighted by Gasteiger charge is -2.32. The second kappa shape index (κ2) is 10.1. The van der Waals surface area contributed by atoms with E-state index in [1.54, 1.807) is 0 Å². The average molecular weight is 409 g/mol. The minimum atomic E-state index is -0.0263. The van der Waals surface area contributed by atoms with Gasteiger partial charge in [0.25, 0.3) is 5.91 Å². The SMILES string of the molecule is C[C@H](C(=O)Nc1ccc(N2CCOCC2)cc1)[NH+]1CCC(Cc2ccccc2)CC1. The lowest BCUT2D eigenvalue weighted by Crippen LogP contribution is -3.17. The van der Waals surface area contributed by atoms with Crippen molar-refractivity contribution in [1.29, 1.82) is 0 Å². The first-order chi connectivity index (χ1) is 14.7. The fourth-order valence-electron chi connectivity index (χ4n) is 4.65. The van der Waals surface area contributed by atoms with Gasteiger partial charge in [0, 0.05) is 24.5 Å². The lowest BCUT2D eigenvalue weighted by atomic mass is 9.89. The molecule has 0 bridgehead atoms. The number of likely N-dealkylation sites (tertiary alicyclic amines) is 1. The molecular weight excluding hydrogens is 374 g/mol. The molecule has 0 aliphatic carbocycles. The summed E-state index contributed by atoms with van der Waals surface area (Å²) in [6.45, 7) is 7.61. The Kier molecular flexibility index (Phi) is 7.03. The summed E-state index contributed by atoms with van der Waals surface area (Å²) in [7, 11) is 0. The molecule has 0 radical (unpaired) electrons. The lowest BCUT2D eigenvalue weighted by molar-refractivity contribution is -0.919. The van der Waals surface area contributed by atoms with Crippen LogP contribution in [0.4, 0.5) is 11.4 Å². The van der Waals surface area contributed by atoms with Gasteiger partial charge in [-0.3, -0.25) is 4.79 Å². The molecule has 2 aromatic carbocycles. The molecule has 0 saturated carbocycles. The molecule has 5 nitrogen and oxygen atoms in total. The maximum absolute atomic E-state index is 12.8. The van der Waals surface area contributed by atoms with Gasteiger partial charge in [-0.1, -0.05) is 30.3 Å². The Labute approximate surface area is 180 Å². The summed E-state index contributed by atoms with van der Waals surface area (Å²) >= 11 is 0. The van der Waals surface area contributed by atoms with Gasteiger partial charge >= 0.3 is 0 Å². The molecule has 0 unspecified atom stereocenters. The molecule has 0 aromatic heterocycles. The van der Waals surface area contributed by atoms with Crippen molar-refractivity contribution >= 4 is 17.3 Å². The molecule has 0 spiro atoms. The molecule has 2 aromatic rings. The number of benzene rings is 2. The predicted octanol–water partition coefficient (Wildman–Crippen LogP) is 2.39. The van der Waals surface area contributed by atoms with Crippen LogP contribution in [0, 0.1) is 5.92 Å². The molecular formula is C25H34N3O2+. The van der Waals surface area contributed by atoms with E-state index in [0.717, 1.165) is 57.4 Å². The Morgan fingerprint density at radius 1 is 1.07 bits per heavy atom. The number of morpholine rings is 1. The highest BCUT2D eigenvalue weighted by Gasteiger charge is 2.30. The van der Waals surface area contributed by atoms with E-state index < -0.39 is 0 Å². The smallest absolute Gasteiger partial charge is 0.282 e. The Morgan fingerprint density at radius 3 is 2.40 bits per heavy atom. The molecule has 2 saturated heterocycles. The van der Waals surface area contributed by atoms with E-state index in [-0.39, 0.29) is 11.9 Å². The highest BCUT2D eigenvalue weighted by molar-refractivity contribution is 5.93. The minimum Gasteiger partial charge on any atom is -0.378 e. The van der Waals surface area contributed by atoms with Crippen molar-refractivity contribution in [2.45, 2.75) is 32.2 Å². The fourth-order valence-corrected chi connectivity index (χ4v) is 4.65. The summed E-state index contributed by atoms with van der Waals surface area (Å²) in [5.74, 6) is 0.852. The van der Waals surface area contributed by atoms with Crippen LogP contribution in [-0.4, -0.2) is 51.3 Å². The second-order valence-corrected chi connectivity index (χ2v) is 8.65. The summed E-state index contributed by atoms with van der Waals surface area (Å²) in [5, 5.41) is 3.12. The fraction of sp³-hybridized carbons (Fsp3) is 0.480. The van der Waals surface area contributed by atoms with Gasteiger partial charge in [0.15, 0.2) is 6.04 Å². The number of nitrogens with zero attached hydrogens (tertiary/aromatic N) is 1. The topological polar surface area (TPSA) is 46.0 Å². The van der Waals surface area contributed by atoms with Crippen LogP contribution in [0.25, 0.3) is 0 Å². The van der Waals surface area contributed by atoms with Crippen molar-refractivity contribution in [2.75, 3.05) is 49.6 Å². The third kappa shape index (κ3) is 5.41. The molecule has 160 valence electrons. The summed E-state index contributed by atoms with van der Waals surface area (Å²) in [4.78, 5) is 16.5. The number of nitrogens with one attached hydrogen (secondary N) is 2. The number of amides is 1. The summed E-state index contributed by atoms with van der Waals surface area (Å²) in [6, 6.07) is 18.9. The van der Waals surface area contributed by atoms with E-state index in [2.05, 4.69) is 59.6 Å². The van der Waals surface area contributed by atoms with Gasteiger partial charge < -0.3 is 19.9 Å². The number of ether oxygens (including phenoxy) is 1. The maximum atomic E-state index is 12.8.